The van der Waals surface area contributed by atoms with E-state index in [0.717, 1.165) is 25.4 Å². The second-order valence-corrected chi connectivity index (χ2v) is 6.90. The number of benzene rings is 1. The third-order valence-corrected chi connectivity index (χ3v) is 4.48. The van der Waals surface area contributed by atoms with Gasteiger partial charge in [-0.1, -0.05) is 0 Å². The molecule has 0 spiro atoms. The molecule has 0 unspecified atom stereocenters. The molecule has 0 aliphatic carbocycles. The van der Waals surface area contributed by atoms with Crippen LogP contribution in [0.2, 0.25) is 0 Å². The molecule has 148 valence electrons. The number of quaternary nitrogens is 1. The van der Waals surface area contributed by atoms with Crippen molar-refractivity contribution in [2.24, 2.45) is 0 Å². The Labute approximate surface area is 159 Å². The van der Waals surface area contributed by atoms with Gasteiger partial charge >= 0.3 is 11.8 Å². The highest BCUT2D eigenvalue weighted by atomic mass is 16.5. The molecule has 1 aliphatic heterocycles. The molecule has 2 rings (SSSR count). The van der Waals surface area contributed by atoms with Crippen LogP contribution in [0.15, 0.2) is 24.3 Å². The standard InChI is InChI=1S/C19H28N4O4/c1-14(2)21-18(25)17(24)20-8-9-22-10-12-23(13-11-22)19(26)15-4-6-16(27-3)7-5-15/h4-7,14H,8-13H2,1-3H3,(H,20,24)(H,21,25)/p+1. The van der Waals surface area contributed by atoms with Crippen molar-refractivity contribution in [3.05, 3.63) is 29.8 Å². The van der Waals surface area contributed by atoms with Crippen molar-refractivity contribution >= 4 is 17.7 Å². The smallest absolute Gasteiger partial charge is 0.309 e. The molecule has 1 aromatic rings. The molecule has 0 aromatic heterocycles. The highest BCUT2D eigenvalue weighted by Crippen LogP contribution is 2.13. The Morgan fingerprint density at radius 3 is 2.30 bits per heavy atom. The van der Waals surface area contributed by atoms with Crippen molar-refractivity contribution in [3.8, 4) is 5.75 Å². The van der Waals surface area contributed by atoms with Gasteiger partial charge in [-0.3, -0.25) is 14.4 Å². The third-order valence-electron chi connectivity index (χ3n) is 4.48. The van der Waals surface area contributed by atoms with Crippen LogP contribution < -0.4 is 20.3 Å². The zero-order valence-electron chi connectivity index (χ0n) is 16.2. The van der Waals surface area contributed by atoms with Crippen LogP contribution in [-0.2, 0) is 9.59 Å². The van der Waals surface area contributed by atoms with Gasteiger partial charge in [-0.2, -0.15) is 0 Å². The Kier molecular flexibility index (Phi) is 7.60. The van der Waals surface area contributed by atoms with Gasteiger partial charge in [-0.25, -0.2) is 0 Å². The van der Waals surface area contributed by atoms with Gasteiger partial charge in [-0.15, -0.1) is 0 Å². The lowest BCUT2D eigenvalue weighted by Crippen LogP contribution is -3.15. The van der Waals surface area contributed by atoms with Crippen molar-refractivity contribution in [1.82, 2.24) is 15.5 Å². The summed E-state index contributed by atoms with van der Waals surface area (Å²) in [6.45, 7) is 7.75. The molecule has 8 heteroatoms. The molecule has 1 fully saturated rings. The molecule has 1 heterocycles. The first-order chi connectivity index (χ1) is 12.9. The van der Waals surface area contributed by atoms with Crippen LogP contribution in [0.3, 0.4) is 0 Å². The molecular weight excluding hydrogens is 348 g/mol. The molecule has 1 aromatic carbocycles. The van der Waals surface area contributed by atoms with Gasteiger partial charge in [0.2, 0.25) is 0 Å². The van der Waals surface area contributed by atoms with Gasteiger partial charge < -0.3 is 25.2 Å². The van der Waals surface area contributed by atoms with Gasteiger partial charge in [0, 0.05) is 11.6 Å². The van der Waals surface area contributed by atoms with Gasteiger partial charge in [0.15, 0.2) is 0 Å². The second-order valence-electron chi connectivity index (χ2n) is 6.90. The van der Waals surface area contributed by atoms with Crippen molar-refractivity contribution < 1.29 is 24.0 Å². The van der Waals surface area contributed by atoms with E-state index in [1.165, 1.54) is 4.90 Å². The van der Waals surface area contributed by atoms with Crippen LogP contribution in [0.4, 0.5) is 0 Å². The first kappa shape index (κ1) is 20.7. The molecule has 0 saturated carbocycles. The number of carbonyl (C=O) groups is 3. The summed E-state index contributed by atoms with van der Waals surface area (Å²) in [5.41, 5.74) is 0.655. The molecule has 3 N–H and O–H groups in total. The van der Waals surface area contributed by atoms with Crippen molar-refractivity contribution in [2.75, 3.05) is 46.4 Å². The molecule has 0 bridgehead atoms. The van der Waals surface area contributed by atoms with Crippen LogP contribution in [-0.4, -0.2) is 75.0 Å². The Balaban J connectivity index is 1.71. The van der Waals surface area contributed by atoms with E-state index < -0.39 is 11.8 Å². The van der Waals surface area contributed by atoms with Crippen LogP contribution in [0.25, 0.3) is 0 Å². The number of rotatable bonds is 6. The number of piperazine rings is 1. The molecular formula is C19H29N4O4+. The lowest BCUT2D eigenvalue weighted by molar-refractivity contribution is -0.902. The highest BCUT2D eigenvalue weighted by molar-refractivity contribution is 6.35. The van der Waals surface area contributed by atoms with Gasteiger partial charge in [0.05, 0.1) is 46.4 Å². The predicted octanol–water partition coefficient (Wildman–Crippen LogP) is -1.32. The monoisotopic (exact) mass is 377 g/mol. The van der Waals surface area contributed by atoms with E-state index in [4.69, 9.17) is 4.74 Å². The van der Waals surface area contributed by atoms with Crippen LogP contribution >= 0.6 is 0 Å². The first-order valence-corrected chi connectivity index (χ1v) is 9.26. The average Bonchev–Trinajstić information content (AvgIpc) is 2.67. The summed E-state index contributed by atoms with van der Waals surface area (Å²) in [5, 5.41) is 5.20. The molecule has 0 atom stereocenters. The Morgan fingerprint density at radius 2 is 1.74 bits per heavy atom. The molecule has 1 aliphatic rings. The Bertz CT molecular complexity index is 652. The maximum Gasteiger partial charge on any atom is 0.309 e. The summed E-state index contributed by atoms with van der Waals surface area (Å²) in [6, 6.07) is 7.06. The van der Waals surface area contributed by atoms with Gasteiger partial charge in [0.1, 0.15) is 5.75 Å². The number of methoxy groups -OCH3 is 1. The summed E-state index contributed by atoms with van der Waals surface area (Å²) in [5.74, 6) is -0.452. The fraction of sp³-hybridized carbons (Fsp3) is 0.526. The lowest BCUT2D eigenvalue weighted by atomic mass is 10.1. The van der Waals surface area contributed by atoms with Crippen LogP contribution in [0.1, 0.15) is 24.2 Å². The summed E-state index contributed by atoms with van der Waals surface area (Å²) >= 11 is 0. The molecule has 8 nitrogen and oxygen atoms in total. The number of amides is 3. The van der Waals surface area contributed by atoms with E-state index in [1.807, 2.05) is 18.7 Å². The van der Waals surface area contributed by atoms with Crippen molar-refractivity contribution in [1.29, 1.82) is 0 Å². The zero-order chi connectivity index (χ0) is 19.8. The SMILES string of the molecule is COc1ccc(C(=O)N2CC[NH+](CCNC(=O)C(=O)NC(C)C)CC2)cc1. The van der Waals surface area contributed by atoms with E-state index in [9.17, 15) is 14.4 Å². The molecule has 27 heavy (non-hydrogen) atoms. The van der Waals surface area contributed by atoms with E-state index in [1.54, 1.807) is 31.4 Å². The predicted molar refractivity (Wildman–Crippen MR) is 101 cm³/mol. The number of hydrogen-bond donors (Lipinski definition) is 3. The summed E-state index contributed by atoms with van der Waals surface area (Å²) < 4.78 is 5.11. The van der Waals surface area contributed by atoms with E-state index >= 15 is 0 Å². The largest absolute Gasteiger partial charge is 0.497 e. The maximum absolute atomic E-state index is 12.5. The number of carbonyl (C=O) groups excluding carboxylic acids is 3. The van der Waals surface area contributed by atoms with E-state index in [2.05, 4.69) is 10.6 Å². The fourth-order valence-corrected chi connectivity index (χ4v) is 2.95. The molecule has 0 radical (unpaired) electrons. The minimum atomic E-state index is -0.602. The normalized spacial score (nSPS) is 14.7. The number of hydrogen-bond acceptors (Lipinski definition) is 4. The molecule has 1 saturated heterocycles. The van der Waals surface area contributed by atoms with Crippen LogP contribution in [0.5, 0.6) is 5.75 Å². The number of ether oxygens (including phenoxy) is 1. The number of nitrogens with zero attached hydrogens (tertiary/aromatic N) is 1. The van der Waals surface area contributed by atoms with Gasteiger partial charge in [0.25, 0.3) is 5.91 Å². The second kappa shape index (κ2) is 9.91. The summed E-state index contributed by atoms with van der Waals surface area (Å²) in [4.78, 5) is 38.9. The Morgan fingerprint density at radius 1 is 1.11 bits per heavy atom. The van der Waals surface area contributed by atoms with Gasteiger partial charge in [-0.05, 0) is 38.1 Å². The minimum absolute atomic E-state index is 0.0235. The summed E-state index contributed by atoms with van der Waals surface area (Å²) in [7, 11) is 1.60. The number of nitrogens with one attached hydrogen (secondary N) is 3. The quantitative estimate of drug-likeness (QED) is 0.536. The summed E-state index contributed by atoms with van der Waals surface area (Å²) in [6.07, 6.45) is 0. The average molecular weight is 377 g/mol. The Hall–Kier alpha value is -2.61. The van der Waals surface area contributed by atoms with E-state index in [0.29, 0.717) is 25.2 Å². The van der Waals surface area contributed by atoms with Crippen LogP contribution in [0, 0.1) is 0 Å². The molecule has 3 amide bonds. The lowest BCUT2D eigenvalue weighted by Gasteiger charge is -2.32. The highest BCUT2D eigenvalue weighted by Gasteiger charge is 2.24. The zero-order valence-corrected chi connectivity index (χ0v) is 16.2. The van der Waals surface area contributed by atoms with Crippen molar-refractivity contribution in [3.63, 3.8) is 0 Å². The maximum atomic E-state index is 12.5. The fourth-order valence-electron chi connectivity index (χ4n) is 2.95. The first-order valence-electron chi connectivity index (χ1n) is 9.26. The van der Waals surface area contributed by atoms with Crippen molar-refractivity contribution in [2.45, 2.75) is 19.9 Å². The topological polar surface area (TPSA) is 92.2 Å². The minimum Gasteiger partial charge on any atom is -0.497 e. The third kappa shape index (κ3) is 6.25. The van der Waals surface area contributed by atoms with E-state index in [-0.39, 0.29) is 11.9 Å².